The Morgan fingerprint density at radius 1 is 1.62 bits per heavy atom. The van der Waals surface area contributed by atoms with Crippen LogP contribution in [-0.2, 0) is 11.2 Å². The van der Waals surface area contributed by atoms with Gasteiger partial charge in [0.1, 0.15) is 0 Å². The highest BCUT2D eigenvalue weighted by molar-refractivity contribution is 7.09. The van der Waals surface area contributed by atoms with Crippen LogP contribution in [0.2, 0.25) is 0 Å². The van der Waals surface area contributed by atoms with E-state index in [-0.39, 0.29) is 0 Å². The molecule has 0 bridgehead atoms. The number of hydrogen-bond acceptors (Lipinski definition) is 3. The number of thiophene rings is 1. The average Bonchev–Trinajstić information content (AvgIpc) is 2.84. The van der Waals surface area contributed by atoms with E-state index in [0.29, 0.717) is 6.54 Å². The number of nitrogens with zero attached hydrogens (tertiary/aromatic N) is 1. The van der Waals surface area contributed by atoms with Crippen molar-refractivity contribution in [2.75, 3.05) is 20.1 Å². The van der Waals surface area contributed by atoms with Crippen molar-refractivity contribution < 1.29 is 9.90 Å². The van der Waals surface area contributed by atoms with E-state index < -0.39 is 11.4 Å². The number of aliphatic carboxylic acids is 1. The summed E-state index contributed by atoms with van der Waals surface area (Å²) < 4.78 is 0. The molecule has 0 atom stereocenters. The SMILES string of the molecule is CN(CCc1cccs1)CC1(C(=O)O)CC1. The van der Waals surface area contributed by atoms with E-state index in [1.165, 1.54) is 4.88 Å². The van der Waals surface area contributed by atoms with E-state index in [2.05, 4.69) is 22.4 Å². The van der Waals surface area contributed by atoms with Gasteiger partial charge in [-0.05, 0) is 37.8 Å². The van der Waals surface area contributed by atoms with E-state index in [4.69, 9.17) is 5.11 Å². The maximum Gasteiger partial charge on any atom is 0.310 e. The standard InChI is InChI=1S/C12H17NO2S/c1-13(7-4-10-3-2-8-16-10)9-12(5-6-12)11(14)15/h2-3,8H,4-7,9H2,1H3,(H,14,15). The zero-order valence-corrected chi connectivity index (χ0v) is 10.3. The second-order valence-electron chi connectivity index (χ2n) is 4.65. The number of likely N-dealkylation sites (N-methyl/N-ethyl adjacent to an activating group) is 1. The lowest BCUT2D eigenvalue weighted by Crippen LogP contribution is -2.33. The smallest absolute Gasteiger partial charge is 0.310 e. The number of rotatable bonds is 6. The summed E-state index contributed by atoms with van der Waals surface area (Å²) in [6.45, 7) is 1.63. The van der Waals surface area contributed by atoms with Crippen LogP contribution in [0.3, 0.4) is 0 Å². The molecular weight excluding hydrogens is 222 g/mol. The molecule has 1 fully saturated rings. The van der Waals surface area contributed by atoms with Crippen LogP contribution in [0.15, 0.2) is 17.5 Å². The maximum atomic E-state index is 11.0. The van der Waals surface area contributed by atoms with Gasteiger partial charge in [0.2, 0.25) is 0 Å². The second kappa shape index (κ2) is 4.55. The molecule has 4 heteroatoms. The molecule has 1 N–H and O–H groups in total. The first-order valence-corrected chi connectivity index (χ1v) is 6.45. The van der Waals surface area contributed by atoms with Gasteiger partial charge in [-0.2, -0.15) is 0 Å². The topological polar surface area (TPSA) is 40.5 Å². The Labute approximate surface area is 99.7 Å². The minimum Gasteiger partial charge on any atom is -0.481 e. The first-order valence-electron chi connectivity index (χ1n) is 5.57. The fourth-order valence-corrected chi connectivity index (χ4v) is 2.64. The summed E-state index contributed by atoms with van der Waals surface area (Å²) in [5.41, 5.74) is -0.426. The highest BCUT2D eigenvalue weighted by Gasteiger charge is 2.50. The largest absolute Gasteiger partial charge is 0.481 e. The van der Waals surface area contributed by atoms with Crippen LogP contribution in [0.1, 0.15) is 17.7 Å². The van der Waals surface area contributed by atoms with E-state index in [1.54, 1.807) is 11.3 Å². The van der Waals surface area contributed by atoms with Crippen LogP contribution in [0.25, 0.3) is 0 Å². The average molecular weight is 239 g/mol. The molecule has 88 valence electrons. The summed E-state index contributed by atoms with van der Waals surface area (Å²) in [6.07, 6.45) is 2.70. The third-order valence-corrected chi connectivity index (χ3v) is 4.14. The van der Waals surface area contributed by atoms with Gasteiger partial charge in [0.05, 0.1) is 5.41 Å². The van der Waals surface area contributed by atoms with Crippen LogP contribution in [0.5, 0.6) is 0 Å². The predicted octanol–water partition coefficient (Wildman–Crippen LogP) is 2.09. The molecule has 1 aliphatic rings. The first kappa shape index (κ1) is 11.6. The fourth-order valence-electron chi connectivity index (χ4n) is 1.94. The van der Waals surface area contributed by atoms with Gasteiger partial charge in [-0.15, -0.1) is 11.3 Å². The third-order valence-electron chi connectivity index (χ3n) is 3.20. The number of hydrogen-bond donors (Lipinski definition) is 1. The van der Waals surface area contributed by atoms with Gasteiger partial charge in [0, 0.05) is 18.0 Å². The van der Waals surface area contributed by atoms with Crippen LogP contribution < -0.4 is 0 Å². The van der Waals surface area contributed by atoms with Crippen molar-refractivity contribution in [3.63, 3.8) is 0 Å². The van der Waals surface area contributed by atoms with Crippen molar-refractivity contribution in [3.05, 3.63) is 22.4 Å². The Morgan fingerprint density at radius 3 is 2.88 bits per heavy atom. The number of carboxylic acids is 1. The molecule has 0 amide bonds. The van der Waals surface area contributed by atoms with E-state index in [0.717, 1.165) is 25.8 Å². The Morgan fingerprint density at radius 2 is 2.38 bits per heavy atom. The lowest BCUT2D eigenvalue weighted by atomic mass is 10.1. The molecule has 16 heavy (non-hydrogen) atoms. The van der Waals surface area contributed by atoms with Crippen LogP contribution >= 0.6 is 11.3 Å². The molecule has 0 saturated heterocycles. The van der Waals surface area contributed by atoms with Gasteiger partial charge in [-0.3, -0.25) is 4.79 Å². The highest BCUT2D eigenvalue weighted by atomic mass is 32.1. The molecular formula is C12H17NO2S. The lowest BCUT2D eigenvalue weighted by Gasteiger charge is -2.20. The summed E-state index contributed by atoms with van der Waals surface area (Å²) in [6, 6.07) is 4.18. The minimum atomic E-state index is -0.629. The van der Waals surface area contributed by atoms with Gasteiger partial charge in [-0.25, -0.2) is 0 Å². The van der Waals surface area contributed by atoms with Crippen LogP contribution in [-0.4, -0.2) is 36.1 Å². The Hall–Kier alpha value is -0.870. The van der Waals surface area contributed by atoms with Crippen molar-refractivity contribution in [1.29, 1.82) is 0 Å². The predicted molar refractivity (Wildman–Crippen MR) is 64.8 cm³/mol. The second-order valence-corrected chi connectivity index (χ2v) is 5.68. The molecule has 0 radical (unpaired) electrons. The molecule has 0 aliphatic heterocycles. The van der Waals surface area contributed by atoms with Crippen molar-refractivity contribution in [3.8, 4) is 0 Å². The molecule has 1 aromatic heterocycles. The van der Waals surface area contributed by atoms with Crippen molar-refractivity contribution in [2.24, 2.45) is 5.41 Å². The van der Waals surface area contributed by atoms with E-state index >= 15 is 0 Å². The molecule has 1 aromatic rings. The highest BCUT2D eigenvalue weighted by Crippen LogP contribution is 2.46. The summed E-state index contributed by atoms with van der Waals surface area (Å²) >= 11 is 1.76. The molecule has 3 nitrogen and oxygen atoms in total. The maximum absolute atomic E-state index is 11.0. The van der Waals surface area contributed by atoms with Gasteiger partial charge in [0.15, 0.2) is 0 Å². The summed E-state index contributed by atoms with van der Waals surface area (Å²) in [5.74, 6) is -0.629. The Bertz CT molecular complexity index is 357. The van der Waals surface area contributed by atoms with Gasteiger partial charge >= 0.3 is 5.97 Å². The normalized spacial score (nSPS) is 17.6. The number of carbonyl (C=O) groups is 1. The fraction of sp³-hybridized carbons (Fsp3) is 0.583. The zero-order valence-electron chi connectivity index (χ0n) is 9.48. The molecule has 0 unspecified atom stereocenters. The number of carboxylic acid groups (broad SMARTS) is 1. The van der Waals surface area contributed by atoms with Crippen molar-refractivity contribution in [1.82, 2.24) is 4.90 Å². The van der Waals surface area contributed by atoms with Gasteiger partial charge < -0.3 is 10.0 Å². The summed E-state index contributed by atoms with van der Waals surface area (Å²) in [7, 11) is 2.01. The zero-order chi connectivity index (χ0) is 11.6. The van der Waals surface area contributed by atoms with Crippen LogP contribution in [0.4, 0.5) is 0 Å². The molecule has 0 spiro atoms. The van der Waals surface area contributed by atoms with Crippen molar-refractivity contribution >= 4 is 17.3 Å². The van der Waals surface area contributed by atoms with Crippen molar-refractivity contribution in [2.45, 2.75) is 19.3 Å². The Balaban J connectivity index is 1.77. The third kappa shape index (κ3) is 2.62. The monoisotopic (exact) mass is 239 g/mol. The summed E-state index contributed by atoms with van der Waals surface area (Å²) in [4.78, 5) is 14.5. The molecule has 1 saturated carbocycles. The summed E-state index contributed by atoms with van der Waals surface area (Å²) in [5, 5.41) is 11.2. The van der Waals surface area contributed by atoms with E-state index in [9.17, 15) is 4.79 Å². The van der Waals surface area contributed by atoms with Gasteiger partial charge in [-0.1, -0.05) is 6.07 Å². The Kier molecular flexibility index (Phi) is 3.30. The molecule has 1 heterocycles. The van der Waals surface area contributed by atoms with Gasteiger partial charge in [0.25, 0.3) is 0 Å². The molecule has 0 aromatic carbocycles. The molecule has 2 rings (SSSR count). The van der Waals surface area contributed by atoms with E-state index in [1.807, 2.05) is 7.05 Å². The van der Waals surface area contributed by atoms with Crippen LogP contribution in [0, 0.1) is 5.41 Å². The lowest BCUT2D eigenvalue weighted by molar-refractivity contribution is -0.144. The minimum absolute atomic E-state index is 0.426. The first-order chi connectivity index (χ1) is 7.62. The molecule has 1 aliphatic carbocycles. The quantitative estimate of drug-likeness (QED) is 0.826.